The van der Waals surface area contributed by atoms with Gasteiger partial charge >= 0.3 is 5.97 Å². The number of rotatable bonds is 10. The molecule has 3 rings (SSSR count). The standard InChI is InChI=1S/C24H30O6S/c1-3-31-24-23(29-17(2)25)22(28-15-19-12-8-5-9-13-19)21(26)20(30-24)16-27-14-18-10-6-4-7-11-18/h4-13,20-24,26H,3,14-16H2,1-2H3/t20-,21-,22+,23-,24+/m1/s1. The van der Waals surface area contributed by atoms with Crippen LogP contribution in [0.4, 0.5) is 0 Å². The second-order valence-corrected chi connectivity index (χ2v) is 8.70. The first-order valence-electron chi connectivity index (χ1n) is 10.5. The van der Waals surface area contributed by atoms with E-state index in [0.29, 0.717) is 13.2 Å². The Morgan fingerprint density at radius 3 is 2.19 bits per heavy atom. The molecule has 0 spiro atoms. The first-order valence-corrected chi connectivity index (χ1v) is 11.5. The molecule has 6 nitrogen and oxygen atoms in total. The molecule has 168 valence electrons. The molecule has 7 heteroatoms. The van der Waals surface area contributed by atoms with Crippen LogP contribution in [0, 0.1) is 0 Å². The van der Waals surface area contributed by atoms with Gasteiger partial charge in [-0.2, -0.15) is 0 Å². The summed E-state index contributed by atoms with van der Waals surface area (Å²) in [7, 11) is 0. The van der Waals surface area contributed by atoms with Crippen molar-refractivity contribution in [2.45, 2.75) is 56.9 Å². The summed E-state index contributed by atoms with van der Waals surface area (Å²) in [6.07, 6.45) is -3.04. The molecule has 1 N–H and O–H groups in total. The van der Waals surface area contributed by atoms with Crippen LogP contribution in [0.5, 0.6) is 0 Å². The molecule has 0 bridgehead atoms. The van der Waals surface area contributed by atoms with Crippen molar-refractivity contribution in [3.05, 3.63) is 71.8 Å². The fraction of sp³-hybridized carbons (Fsp3) is 0.458. The molecule has 1 fully saturated rings. The minimum atomic E-state index is -1.00. The van der Waals surface area contributed by atoms with Crippen LogP contribution in [0.25, 0.3) is 0 Å². The second-order valence-electron chi connectivity index (χ2n) is 7.32. The van der Waals surface area contributed by atoms with Gasteiger partial charge in [-0.15, -0.1) is 11.8 Å². The Kier molecular flexibility index (Phi) is 9.36. The highest BCUT2D eigenvalue weighted by atomic mass is 32.2. The number of hydrogen-bond acceptors (Lipinski definition) is 7. The topological polar surface area (TPSA) is 74.2 Å². The minimum Gasteiger partial charge on any atom is -0.456 e. The number of carbonyl (C=O) groups excluding carboxylic acids is 1. The molecule has 1 aliphatic heterocycles. The molecule has 0 aromatic heterocycles. The van der Waals surface area contributed by atoms with Crippen LogP contribution < -0.4 is 0 Å². The van der Waals surface area contributed by atoms with Crippen LogP contribution in [-0.2, 0) is 37.0 Å². The summed E-state index contributed by atoms with van der Waals surface area (Å²) >= 11 is 1.52. The maximum atomic E-state index is 11.7. The van der Waals surface area contributed by atoms with E-state index >= 15 is 0 Å². The molecular formula is C24H30O6S. The Hall–Kier alpha value is -1.90. The lowest BCUT2D eigenvalue weighted by Gasteiger charge is -2.43. The summed E-state index contributed by atoms with van der Waals surface area (Å²) in [5.74, 6) is 0.330. The van der Waals surface area contributed by atoms with E-state index in [1.165, 1.54) is 18.7 Å². The Bertz CT molecular complexity index is 787. The first kappa shape index (κ1) is 23.8. The average molecular weight is 447 g/mol. The molecule has 0 aliphatic carbocycles. The quantitative estimate of drug-likeness (QED) is 0.560. The van der Waals surface area contributed by atoms with E-state index in [9.17, 15) is 9.90 Å². The van der Waals surface area contributed by atoms with Crippen LogP contribution in [0.2, 0.25) is 0 Å². The monoisotopic (exact) mass is 446 g/mol. The lowest BCUT2D eigenvalue weighted by Crippen LogP contribution is -2.59. The van der Waals surface area contributed by atoms with Crippen LogP contribution in [-0.4, -0.2) is 53.3 Å². The number of esters is 1. The van der Waals surface area contributed by atoms with Crippen molar-refractivity contribution in [1.29, 1.82) is 0 Å². The summed E-state index contributed by atoms with van der Waals surface area (Å²) < 4.78 is 23.6. The zero-order valence-corrected chi connectivity index (χ0v) is 18.7. The van der Waals surface area contributed by atoms with Gasteiger partial charge in [0.2, 0.25) is 0 Å². The molecule has 0 radical (unpaired) electrons. The van der Waals surface area contributed by atoms with E-state index in [2.05, 4.69) is 0 Å². The van der Waals surface area contributed by atoms with Crippen molar-refractivity contribution >= 4 is 17.7 Å². The van der Waals surface area contributed by atoms with E-state index in [1.807, 2.05) is 67.6 Å². The summed E-state index contributed by atoms with van der Waals surface area (Å²) in [6, 6.07) is 19.5. The predicted octanol–water partition coefficient (Wildman–Crippen LogP) is 3.56. The molecule has 0 unspecified atom stereocenters. The Morgan fingerprint density at radius 1 is 1.00 bits per heavy atom. The summed E-state index contributed by atoms with van der Waals surface area (Å²) in [5, 5.41) is 11.0. The van der Waals surface area contributed by atoms with E-state index in [1.54, 1.807) is 0 Å². The van der Waals surface area contributed by atoms with E-state index in [0.717, 1.165) is 16.9 Å². The highest BCUT2D eigenvalue weighted by molar-refractivity contribution is 7.99. The lowest BCUT2D eigenvalue weighted by atomic mass is 9.99. The van der Waals surface area contributed by atoms with Gasteiger partial charge in [0.05, 0.1) is 19.8 Å². The fourth-order valence-corrected chi connectivity index (χ4v) is 4.42. The molecule has 2 aromatic carbocycles. The molecule has 2 aromatic rings. The Balaban J connectivity index is 1.70. The van der Waals surface area contributed by atoms with Gasteiger partial charge in [-0.1, -0.05) is 67.6 Å². The SMILES string of the molecule is CCS[C@@H]1O[C@H](COCc2ccccc2)[C@@H](O)[C@H](OCc2ccccc2)[C@H]1OC(C)=O. The molecule has 1 heterocycles. The van der Waals surface area contributed by atoms with Gasteiger partial charge in [0.25, 0.3) is 0 Å². The Labute approximate surface area is 187 Å². The van der Waals surface area contributed by atoms with Crippen molar-refractivity contribution in [3.8, 4) is 0 Å². The molecular weight excluding hydrogens is 416 g/mol. The van der Waals surface area contributed by atoms with Gasteiger partial charge in [0.15, 0.2) is 6.10 Å². The van der Waals surface area contributed by atoms with E-state index < -0.39 is 35.8 Å². The molecule has 1 saturated heterocycles. The predicted molar refractivity (Wildman–Crippen MR) is 119 cm³/mol. The van der Waals surface area contributed by atoms with Crippen molar-refractivity contribution < 1.29 is 28.8 Å². The summed E-state index contributed by atoms with van der Waals surface area (Å²) in [5.41, 5.74) is 1.56. The van der Waals surface area contributed by atoms with E-state index in [4.69, 9.17) is 18.9 Å². The number of carbonyl (C=O) groups is 1. The molecule has 5 atom stereocenters. The van der Waals surface area contributed by atoms with Crippen molar-refractivity contribution in [2.24, 2.45) is 0 Å². The summed E-state index contributed by atoms with van der Waals surface area (Å²) in [6.45, 7) is 4.27. The van der Waals surface area contributed by atoms with Gasteiger partial charge < -0.3 is 24.1 Å². The van der Waals surface area contributed by atoms with Gasteiger partial charge in [-0.25, -0.2) is 0 Å². The third-order valence-corrected chi connectivity index (χ3v) is 5.97. The highest BCUT2D eigenvalue weighted by Gasteiger charge is 2.48. The third-order valence-electron chi connectivity index (χ3n) is 4.93. The van der Waals surface area contributed by atoms with E-state index in [-0.39, 0.29) is 6.61 Å². The number of hydrogen-bond donors (Lipinski definition) is 1. The van der Waals surface area contributed by atoms with Crippen molar-refractivity contribution in [3.63, 3.8) is 0 Å². The number of benzene rings is 2. The number of thioether (sulfide) groups is 1. The largest absolute Gasteiger partial charge is 0.456 e. The van der Waals surface area contributed by atoms with Gasteiger partial charge in [-0.3, -0.25) is 4.79 Å². The zero-order chi connectivity index (χ0) is 22.1. The maximum absolute atomic E-state index is 11.7. The van der Waals surface area contributed by atoms with Crippen LogP contribution in [0.1, 0.15) is 25.0 Å². The number of aliphatic hydroxyl groups excluding tert-OH is 1. The third kappa shape index (κ3) is 7.05. The van der Waals surface area contributed by atoms with Crippen molar-refractivity contribution in [2.75, 3.05) is 12.4 Å². The van der Waals surface area contributed by atoms with Gasteiger partial charge in [-0.05, 0) is 16.9 Å². The maximum Gasteiger partial charge on any atom is 0.303 e. The molecule has 0 amide bonds. The molecule has 31 heavy (non-hydrogen) atoms. The van der Waals surface area contributed by atoms with Gasteiger partial charge in [0.1, 0.15) is 23.7 Å². The van der Waals surface area contributed by atoms with Crippen LogP contribution >= 0.6 is 11.8 Å². The first-order chi connectivity index (χ1) is 15.1. The van der Waals surface area contributed by atoms with Crippen molar-refractivity contribution in [1.82, 2.24) is 0 Å². The smallest absolute Gasteiger partial charge is 0.303 e. The second kappa shape index (κ2) is 12.2. The van der Waals surface area contributed by atoms with Gasteiger partial charge in [0, 0.05) is 6.92 Å². The Morgan fingerprint density at radius 2 is 1.61 bits per heavy atom. The minimum absolute atomic E-state index is 0.203. The van der Waals surface area contributed by atoms with Crippen LogP contribution in [0.3, 0.4) is 0 Å². The lowest BCUT2D eigenvalue weighted by molar-refractivity contribution is -0.235. The normalized spacial score (nSPS) is 25.8. The fourth-order valence-electron chi connectivity index (χ4n) is 3.47. The molecule has 0 saturated carbocycles. The summed E-state index contributed by atoms with van der Waals surface area (Å²) in [4.78, 5) is 11.7. The number of aliphatic hydroxyl groups is 1. The highest BCUT2D eigenvalue weighted by Crippen LogP contribution is 2.33. The zero-order valence-electron chi connectivity index (χ0n) is 17.9. The average Bonchev–Trinajstić information content (AvgIpc) is 2.77. The number of ether oxygens (including phenoxy) is 4. The van der Waals surface area contributed by atoms with Crippen LogP contribution in [0.15, 0.2) is 60.7 Å². The molecule has 1 aliphatic rings.